The predicted molar refractivity (Wildman–Crippen MR) is 133 cm³/mol. The molecule has 1 amide bonds. The summed E-state index contributed by atoms with van der Waals surface area (Å²) in [6.07, 6.45) is 8.22. The van der Waals surface area contributed by atoms with Crippen molar-refractivity contribution in [3.63, 3.8) is 0 Å². The quantitative estimate of drug-likeness (QED) is 0.266. The lowest BCUT2D eigenvalue weighted by atomic mass is 10.0. The highest BCUT2D eigenvalue weighted by Crippen LogP contribution is 2.20. The first kappa shape index (κ1) is 25.2. The van der Waals surface area contributed by atoms with Crippen LogP contribution >= 0.6 is 0 Å². The first-order valence-electron chi connectivity index (χ1n) is 11.7. The van der Waals surface area contributed by atoms with E-state index in [1.165, 1.54) is 5.56 Å². The van der Waals surface area contributed by atoms with Crippen LogP contribution in [0.25, 0.3) is 0 Å². The minimum atomic E-state index is -1.07. The number of amides is 1. The number of carboxylic acids is 1. The number of fused-ring (bicyclic) bond motifs is 1. The monoisotopic (exact) mass is 463 g/mol. The highest BCUT2D eigenvalue weighted by molar-refractivity contribution is 5.98. The van der Waals surface area contributed by atoms with Gasteiger partial charge in [-0.15, -0.1) is 0 Å². The van der Waals surface area contributed by atoms with Crippen LogP contribution < -0.4 is 10.6 Å². The van der Waals surface area contributed by atoms with Crippen molar-refractivity contribution in [3.05, 3.63) is 82.6 Å². The number of aryl methyl sites for hydroxylation is 1. The highest BCUT2D eigenvalue weighted by atomic mass is 16.5. The number of hydrogen-bond donors (Lipinski definition) is 3. The number of nitrogens with one attached hydrogen (secondary N) is 2. The Morgan fingerprint density at radius 3 is 2.65 bits per heavy atom. The van der Waals surface area contributed by atoms with Crippen molar-refractivity contribution in [1.82, 2.24) is 10.3 Å². The number of aliphatic carboxylic acids is 1. The third kappa shape index (κ3) is 7.28. The largest absolute Gasteiger partial charge is 0.480 e. The SMILES string of the molecule is C/C=C\C(=C/C)C(=O)NC(Cc1ccc(COCCc2ccc3c(n2)NCCC3)cc1)C(=O)O. The van der Waals surface area contributed by atoms with Crippen LogP contribution in [0.1, 0.15) is 42.7 Å². The van der Waals surface area contributed by atoms with E-state index in [0.717, 1.165) is 48.4 Å². The normalized spacial score (nSPS) is 14.4. The molecule has 0 fully saturated rings. The van der Waals surface area contributed by atoms with Gasteiger partial charge in [-0.1, -0.05) is 48.6 Å². The fourth-order valence-corrected chi connectivity index (χ4v) is 3.81. The number of benzene rings is 1. The molecule has 7 heteroatoms. The van der Waals surface area contributed by atoms with E-state index in [4.69, 9.17) is 4.74 Å². The summed E-state index contributed by atoms with van der Waals surface area (Å²) >= 11 is 0. The average molecular weight is 464 g/mol. The zero-order valence-electron chi connectivity index (χ0n) is 19.8. The maximum Gasteiger partial charge on any atom is 0.326 e. The van der Waals surface area contributed by atoms with Crippen molar-refractivity contribution >= 4 is 17.7 Å². The summed E-state index contributed by atoms with van der Waals surface area (Å²) < 4.78 is 5.82. The van der Waals surface area contributed by atoms with Gasteiger partial charge in [0.1, 0.15) is 11.9 Å². The van der Waals surface area contributed by atoms with E-state index in [0.29, 0.717) is 18.8 Å². The number of pyridine rings is 1. The average Bonchev–Trinajstić information content (AvgIpc) is 2.85. The Morgan fingerprint density at radius 1 is 1.18 bits per heavy atom. The Bertz CT molecular complexity index is 1040. The molecule has 0 aliphatic carbocycles. The molecule has 0 spiro atoms. The molecule has 2 heterocycles. The van der Waals surface area contributed by atoms with Crippen molar-refractivity contribution < 1.29 is 19.4 Å². The van der Waals surface area contributed by atoms with Crippen LogP contribution in [0.3, 0.4) is 0 Å². The highest BCUT2D eigenvalue weighted by Gasteiger charge is 2.21. The summed E-state index contributed by atoms with van der Waals surface area (Å²) in [6, 6.07) is 10.8. The molecule has 1 unspecified atom stereocenters. The molecule has 0 saturated carbocycles. The lowest BCUT2D eigenvalue weighted by molar-refractivity contribution is -0.141. The Morgan fingerprint density at radius 2 is 1.94 bits per heavy atom. The number of carboxylic acid groups (broad SMARTS) is 1. The fourth-order valence-electron chi connectivity index (χ4n) is 3.81. The number of anilines is 1. The Hall–Kier alpha value is -3.45. The minimum absolute atomic E-state index is 0.201. The van der Waals surface area contributed by atoms with E-state index < -0.39 is 17.9 Å². The number of carbonyl (C=O) groups is 2. The number of ether oxygens (including phenoxy) is 1. The van der Waals surface area contributed by atoms with Crippen LogP contribution in [0, 0.1) is 0 Å². The van der Waals surface area contributed by atoms with E-state index >= 15 is 0 Å². The molecule has 0 bridgehead atoms. The molecule has 1 aliphatic heterocycles. The number of rotatable bonds is 11. The maximum atomic E-state index is 12.3. The second kappa shape index (κ2) is 12.7. The standard InChI is InChI=1S/C27H33N3O4/c1-3-6-21(4-2)26(31)30-24(27(32)33)17-19-8-10-20(11-9-19)18-34-16-14-23-13-12-22-7-5-15-28-25(22)29-23/h3-4,6,8-13,24H,5,7,14-18H2,1-2H3,(H,28,29)(H,30,31)(H,32,33)/b6-3-,21-4+. The first-order valence-corrected chi connectivity index (χ1v) is 11.7. The third-order valence-electron chi connectivity index (χ3n) is 5.71. The predicted octanol–water partition coefficient (Wildman–Crippen LogP) is 3.83. The van der Waals surface area contributed by atoms with Crippen LogP contribution in [0.2, 0.25) is 0 Å². The zero-order valence-corrected chi connectivity index (χ0v) is 19.8. The van der Waals surface area contributed by atoms with Crippen LogP contribution in [-0.2, 0) is 40.2 Å². The van der Waals surface area contributed by atoms with E-state index in [2.05, 4.69) is 27.8 Å². The van der Waals surface area contributed by atoms with Gasteiger partial charge in [0.2, 0.25) is 0 Å². The smallest absolute Gasteiger partial charge is 0.326 e. The molecule has 0 radical (unpaired) electrons. The number of allylic oxidation sites excluding steroid dienone is 2. The summed E-state index contributed by atoms with van der Waals surface area (Å²) in [6.45, 7) is 5.56. The second-order valence-electron chi connectivity index (χ2n) is 8.27. The van der Waals surface area contributed by atoms with E-state index in [1.54, 1.807) is 32.1 Å². The molecule has 1 aromatic heterocycles. The molecule has 1 aromatic carbocycles. The summed E-state index contributed by atoms with van der Waals surface area (Å²) in [7, 11) is 0. The van der Waals surface area contributed by atoms with Crippen molar-refractivity contribution in [1.29, 1.82) is 0 Å². The lowest BCUT2D eigenvalue weighted by Crippen LogP contribution is -2.42. The summed E-state index contributed by atoms with van der Waals surface area (Å²) in [5.41, 5.74) is 4.56. The maximum absolute atomic E-state index is 12.3. The van der Waals surface area contributed by atoms with E-state index in [9.17, 15) is 14.7 Å². The van der Waals surface area contributed by atoms with Gasteiger partial charge in [-0.2, -0.15) is 0 Å². The van der Waals surface area contributed by atoms with Crippen molar-refractivity contribution in [2.75, 3.05) is 18.5 Å². The Balaban J connectivity index is 1.47. The van der Waals surface area contributed by atoms with Gasteiger partial charge in [0.15, 0.2) is 0 Å². The van der Waals surface area contributed by atoms with Crippen LogP contribution in [0.4, 0.5) is 5.82 Å². The van der Waals surface area contributed by atoms with Crippen LogP contribution in [0.5, 0.6) is 0 Å². The minimum Gasteiger partial charge on any atom is -0.480 e. The number of carbonyl (C=O) groups excluding carboxylic acids is 1. The van der Waals surface area contributed by atoms with Gasteiger partial charge in [0.05, 0.1) is 13.2 Å². The van der Waals surface area contributed by atoms with Gasteiger partial charge in [0, 0.05) is 30.7 Å². The molecule has 1 atom stereocenters. The van der Waals surface area contributed by atoms with Crippen molar-refractivity contribution in [3.8, 4) is 0 Å². The Kier molecular flexibility index (Phi) is 9.40. The zero-order chi connectivity index (χ0) is 24.3. The Labute approximate surface area is 200 Å². The van der Waals surface area contributed by atoms with Crippen molar-refractivity contribution in [2.24, 2.45) is 0 Å². The van der Waals surface area contributed by atoms with E-state index in [-0.39, 0.29) is 6.42 Å². The summed E-state index contributed by atoms with van der Waals surface area (Å²) in [5.74, 6) is -0.469. The van der Waals surface area contributed by atoms with Crippen LogP contribution in [0.15, 0.2) is 60.2 Å². The third-order valence-corrected chi connectivity index (χ3v) is 5.71. The van der Waals surface area contributed by atoms with Crippen molar-refractivity contribution in [2.45, 2.75) is 52.2 Å². The molecule has 180 valence electrons. The second-order valence-corrected chi connectivity index (χ2v) is 8.27. The molecule has 3 rings (SSSR count). The topological polar surface area (TPSA) is 101 Å². The number of nitrogens with zero attached hydrogens (tertiary/aromatic N) is 1. The van der Waals surface area contributed by atoms with Crippen LogP contribution in [-0.4, -0.2) is 41.2 Å². The molecular formula is C27H33N3O4. The van der Waals surface area contributed by atoms with E-state index in [1.807, 2.05) is 24.3 Å². The molecule has 7 nitrogen and oxygen atoms in total. The van der Waals surface area contributed by atoms with Gasteiger partial charge in [-0.3, -0.25) is 4.79 Å². The molecule has 2 aromatic rings. The number of hydrogen-bond acceptors (Lipinski definition) is 5. The molecule has 1 aliphatic rings. The molecule has 3 N–H and O–H groups in total. The van der Waals surface area contributed by atoms with Gasteiger partial charge < -0.3 is 20.5 Å². The molecule has 34 heavy (non-hydrogen) atoms. The molecular weight excluding hydrogens is 430 g/mol. The van der Waals surface area contributed by atoms with Gasteiger partial charge in [-0.25, -0.2) is 9.78 Å². The van der Waals surface area contributed by atoms with Gasteiger partial charge >= 0.3 is 5.97 Å². The van der Waals surface area contributed by atoms with Gasteiger partial charge in [0.25, 0.3) is 5.91 Å². The number of aromatic nitrogens is 1. The summed E-state index contributed by atoms with van der Waals surface area (Å²) in [4.78, 5) is 28.7. The fraction of sp³-hybridized carbons (Fsp3) is 0.370. The lowest BCUT2D eigenvalue weighted by Gasteiger charge is -2.17. The summed E-state index contributed by atoms with van der Waals surface area (Å²) in [5, 5.41) is 15.5. The van der Waals surface area contributed by atoms with Gasteiger partial charge in [-0.05, 0) is 49.4 Å². The first-order chi connectivity index (χ1) is 16.5. The molecule has 0 saturated heterocycles.